The van der Waals surface area contributed by atoms with E-state index in [1.54, 1.807) is 75.8 Å². The zero-order chi connectivity index (χ0) is 23.5. The van der Waals surface area contributed by atoms with Crippen molar-refractivity contribution in [2.45, 2.75) is 12.3 Å². The number of benzene rings is 3. The quantitative estimate of drug-likeness (QED) is 0.207. The number of hydrogen-bond acceptors (Lipinski definition) is 6. The lowest BCUT2D eigenvalue weighted by molar-refractivity contribution is -0.134. The molecule has 1 unspecified atom stereocenters. The highest BCUT2D eigenvalue weighted by atomic mass is 35.5. The van der Waals surface area contributed by atoms with E-state index in [1.165, 1.54) is 6.07 Å². The number of hydrogen-bond donors (Lipinski definition) is 0. The van der Waals surface area contributed by atoms with E-state index in [-0.39, 0.29) is 17.3 Å². The first-order chi connectivity index (χ1) is 15.9. The fourth-order valence-electron chi connectivity index (χ4n) is 3.56. The van der Waals surface area contributed by atoms with Crippen molar-refractivity contribution < 1.29 is 28.5 Å². The molecule has 4 rings (SSSR count). The van der Waals surface area contributed by atoms with E-state index in [1.807, 2.05) is 6.07 Å². The van der Waals surface area contributed by atoms with Crippen molar-refractivity contribution in [1.82, 2.24) is 0 Å². The van der Waals surface area contributed by atoms with Crippen LogP contribution in [0.2, 0.25) is 0 Å². The predicted octanol–water partition coefficient (Wildman–Crippen LogP) is 5.51. The molecule has 7 heteroatoms. The third kappa shape index (κ3) is 4.56. The number of aryl methyl sites for hydroxylation is 1. The number of rotatable bonds is 6. The summed E-state index contributed by atoms with van der Waals surface area (Å²) < 4.78 is 21.9. The monoisotopic (exact) mass is 464 g/mol. The molecule has 1 aliphatic rings. The lowest BCUT2D eigenvalue weighted by Crippen LogP contribution is -2.14. The second-order valence-electron chi connectivity index (χ2n) is 7.36. The van der Waals surface area contributed by atoms with Crippen LogP contribution in [0.15, 0.2) is 66.4 Å². The van der Waals surface area contributed by atoms with Gasteiger partial charge < -0.3 is 18.9 Å². The van der Waals surface area contributed by atoms with E-state index in [9.17, 15) is 9.59 Å². The van der Waals surface area contributed by atoms with Crippen LogP contribution in [0.3, 0.4) is 0 Å². The highest BCUT2D eigenvalue weighted by Crippen LogP contribution is 2.39. The van der Waals surface area contributed by atoms with Gasteiger partial charge in [0.1, 0.15) is 23.0 Å². The largest absolute Gasteiger partial charge is 0.497 e. The van der Waals surface area contributed by atoms with Crippen LogP contribution in [0.4, 0.5) is 0 Å². The highest BCUT2D eigenvalue weighted by Gasteiger charge is 2.31. The number of halogens is 1. The average Bonchev–Trinajstić information content (AvgIpc) is 3.14. The highest BCUT2D eigenvalue weighted by molar-refractivity contribution is 6.30. The summed E-state index contributed by atoms with van der Waals surface area (Å²) in [5.74, 6) is 0.962. The second kappa shape index (κ2) is 9.38. The first-order valence-corrected chi connectivity index (χ1v) is 10.6. The normalized spacial score (nSPS) is 14.4. The van der Waals surface area contributed by atoms with E-state index in [4.69, 9.17) is 30.5 Å². The Kier molecular flexibility index (Phi) is 6.38. The SMILES string of the molecule is COc1ccc(OC)c(/C=C2\Oc3cc(OC(=O)C(Cl)c4ccccc4)cc(C)c3C2=O)c1. The van der Waals surface area contributed by atoms with Gasteiger partial charge in [0, 0.05) is 11.6 Å². The van der Waals surface area contributed by atoms with Gasteiger partial charge in [0.2, 0.25) is 5.78 Å². The minimum Gasteiger partial charge on any atom is -0.497 e. The Labute approximate surface area is 196 Å². The number of alkyl halides is 1. The molecule has 1 atom stereocenters. The Morgan fingerprint density at radius 1 is 1.00 bits per heavy atom. The first-order valence-electron chi connectivity index (χ1n) is 10.1. The van der Waals surface area contributed by atoms with Crippen LogP contribution < -0.4 is 18.9 Å². The van der Waals surface area contributed by atoms with Crippen molar-refractivity contribution in [1.29, 1.82) is 0 Å². The maximum atomic E-state index is 13.0. The first kappa shape index (κ1) is 22.4. The molecule has 0 saturated carbocycles. The fraction of sp³-hybridized carbons (Fsp3) is 0.154. The van der Waals surface area contributed by atoms with Gasteiger partial charge in [0.05, 0.1) is 19.8 Å². The second-order valence-corrected chi connectivity index (χ2v) is 7.79. The van der Waals surface area contributed by atoms with Gasteiger partial charge >= 0.3 is 5.97 Å². The van der Waals surface area contributed by atoms with E-state index in [2.05, 4.69) is 0 Å². The molecular weight excluding hydrogens is 444 g/mol. The number of fused-ring (bicyclic) bond motifs is 1. The number of carbonyl (C=O) groups excluding carboxylic acids is 2. The Morgan fingerprint density at radius 2 is 1.76 bits per heavy atom. The molecular formula is C26H21ClO6. The van der Waals surface area contributed by atoms with Crippen molar-refractivity contribution in [3.8, 4) is 23.0 Å². The minimum atomic E-state index is -0.960. The number of Topliss-reactive ketones (excluding diaryl/α,β-unsaturated/α-hetero) is 1. The molecule has 0 spiro atoms. The molecule has 3 aromatic carbocycles. The van der Waals surface area contributed by atoms with Crippen molar-refractivity contribution in [3.63, 3.8) is 0 Å². The van der Waals surface area contributed by atoms with Gasteiger partial charge in [0.25, 0.3) is 0 Å². The van der Waals surface area contributed by atoms with E-state index >= 15 is 0 Å². The number of methoxy groups -OCH3 is 2. The van der Waals surface area contributed by atoms with Crippen molar-refractivity contribution in [2.24, 2.45) is 0 Å². The molecule has 0 saturated heterocycles. The lowest BCUT2D eigenvalue weighted by atomic mass is 10.0. The van der Waals surface area contributed by atoms with E-state index < -0.39 is 11.3 Å². The van der Waals surface area contributed by atoms with Gasteiger partial charge in [-0.2, -0.15) is 0 Å². The summed E-state index contributed by atoms with van der Waals surface area (Å²) >= 11 is 6.26. The van der Waals surface area contributed by atoms with Crippen LogP contribution in [0.1, 0.15) is 32.4 Å². The number of esters is 1. The molecule has 1 heterocycles. The molecule has 0 aromatic heterocycles. The van der Waals surface area contributed by atoms with Crippen LogP contribution in [-0.2, 0) is 4.79 Å². The molecule has 168 valence electrons. The molecule has 1 aliphatic heterocycles. The molecule has 0 amide bonds. The molecule has 33 heavy (non-hydrogen) atoms. The molecule has 0 N–H and O–H groups in total. The predicted molar refractivity (Wildman–Crippen MR) is 124 cm³/mol. The van der Waals surface area contributed by atoms with Gasteiger partial charge in [-0.25, -0.2) is 4.79 Å². The zero-order valence-corrected chi connectivity index (χ0v) is 19.0. The molecule has 0 fully saturated rings. The third-order valence-electron chi connectivity index (χ3n) is 5.18. The summed E-state index contributed by atoms with van der Waals surface area (Å²) in [5.41, 5.74) is 2.29. The van der Waals surface area contributed by atoms with Crippen LogP contribution >= 0.6 is 11.6 Å². The minimum absolute atomic E-state index is 0.127. The Morgan fingerprint density at radius 3 is 2.45 bits per heavy atom. The summed E-state index contributed by atoms with van der Waals surface area (Å²) in [6.45, 7) is 1.75. The standard InChI is InChI=1S/C26H21ClO6/c1-15-11-19(32-26(29)24(27)16-7-5-4-6-8-16)14-21-23(15)25(28)22(33-21)13-17-12-18(30-2)9-10-20(17)31-3/h4-14,24H,1-3H3/b22-13-. The van der Waals surface area contributed by atoms with Crippen LogP contribution in [0.25, 0.3) is 6.08 Å². The Balaban J connectivity index is 1.60. The summed E-state index contributed by atoms with van der Waals surface area (Å²) in [4.78, 5) is 25.5. The number of carbonyl (C=O) groups is 2. The molecule has 3 aromatic rings. The lowest BCUT2D eigenvalue weighted by Gasteiger charge is -2.11. The number of allylic oxidation sites excluding steroid dienone is 1. The molecule has 0 bridgehead atoms. The topological polar surface area (TPSA) is 71.1 Å². The van der Waals surface area contributed by atoms with Gasteiger partial charge in [-0.1, -0.05) is 30.3 Å². The number of ketones is 1. The van der Waals surface area contributed by atoms with E-state index in [0.29, 0.717) is 39.5 Å². The maximum absolute atomic E-state index is 13.0. The summed E-state index contributed by atoms with van der Waals surface area (Å²) in [7, 11) is 3.10. The van der Waals surface area contributed by atoms with Crippen molar-refractivity contribution in [3.05, 3.63) is 88.7 Å². The fourth-order valence-corrected chi connectivity index (χ4v) is 3.75. The maximum Gasteiger partial charge on any atom is 0.334 e. The summed E-state index contributed by atoms with van der Waals surface area (Å²) in [5, 5.41) is -0.960. The average molecular weight is 465 g/mol. The van der Waals surface area contributed by atoms with Gasteiger partial charge in [0.15, 0.2) is 11.1 Å². The third-order valence-corrected chi connectivity index (χ3v) is 5.61. The molecule has 0 aliphatic carbocycles. The molecule has 0 radical (unpaired) electrons. The Hall–Kier alpha value is -3.77. The van der Waals surface area contributed by atoms with Crippen LogP contribution in [0, 0.1) is 6.92 Å². The van der Waals surface area contributed by atoms with Gasteiger partial charge in [-0.3, -0.25) is 4.79 Å². The number of ether oxygens (including phenoxy) is 4. The summed E-state index contributed by atoms with van der Waals surface area (Å²) in [6, 6.07) is 17.3. The summed E-state index contributed by atoms with van der Waals surface area (Å²) in [6.07, 6.45) is 1.60. The van der Waals surface area contributed by atoms with Crippen LogP contribution in [0.5, 0.6) is 23.0 Å². The zero-order valence-electron chi connectivity index (χ0n) is 18.3. The van der Waals surface area contributed by atoms with Crippen LogP contribution in [-0.4, -0.2) is 26.0 Å². The Bertz CT molecular complexity index is 1250. The van der Waals surface area contributed by atoms with Gasteiger partial charge in [-0.15, -0.1) is 11.6 Å². The van der Waals surface area contributed by atoms with Gasteiger partial charge in [-0.05, 0) is 48.4 Å². The van der Waals surface area contributed by atoms with Crippen molar-refractivity contribution in [2.75, 3.05) is 14.2 Å². The smallest absolute Gasteiger partial charge is 0.334 e. The van der Waals surface area contributed by atoms with E-state index in [0.717, 1.165) is 0 Å². The van der Waals surface area contributed by atoms with Crippen molar-refractivity contribution >= 4 is 29.4 Å². The molecule has 6 nitrogen and oxygen atoms in total.